The highest BCUT2D eigenvalue weighted by Gasteiger charge is 2.41. The number of carbonyl (C=O) groups is 1. The van der Waals surface area contributed by atoms with Crippen LogP contribution in [0.2, 0.25) is 0 Å². The van der Waals surface area contributed by atoms with Crippen molar-refractivity contribution in [3.05, 3.63) is 29.8 Å². The third-order valence-electron chi connectivity index (χ3n) is 5.79. The molecular weight excluding hydrogens is 362 g/mol. The molecule has 1 saturated carbocycles. The summed E-state index contributed by atoms with van der Waals surface area (Å²) in [4.78, 5) is 12.8. The smallest absolute Gasteiger partial charge is 0.243 e. The summed E-state index contributed by atoms with van der Waals surface area (Å²) in [7, 11) is -3.54. The number of amides is 1. The SMILES string of the molecule is CC(C)c1ccc(S(=O)(=O)N2CCC(C(=O)NC3(C#N)CCC3)CC2)cc1. The standard InChI is InChI=1S/C20H27N3O3S/c1-15(2)16-4-6-18(7-5-16)27(25,26)23-12-8-17(9-13-23)19(24)22-20(14-21)10-3-11-20/h4-7,15,17H,3,8-13H2,1-2H3,(H,22,24). The summed E-state index contributed by atoms with van der Waals surface area (Å²) in [6, 6.07) is 9.26. The van der Waals surface area contributed by atoms with Gasteiger partial charge in [-0.25, -0.2) is 8.42 Å². The van der Waals surface area contributed by atoms with Crippen LogP contribution >= 0.6 is 0 Å². The number of rotatable bonds is 5. The first-order valence-electron chi connectivity index (χ1n) is 9.61. The highest BCUT2D eigenvalue weighted by Crippen LogP contribution is 2.32. The van der Waals surface area contributed by atoms with Gasteiger partial charge in [-0.1, -0.05) is 26.0 Å². The van der Waals surface area contributed by atoms with E-state index in [0.717, 1.165) is 12.0 Å². The molecule has 1 aliphatic carbocycles. The van der Waals surface area contributed by atoms with Crippen molar-refractivity contribution in [3.63, 3.8) is 0 Å². The van der Waals surface area contributed by atoms with Gasteiger partial charge in [0.05, 0.1) is 11.0 Å². The fraction of sp³-hybridized carbons (Fsp3) is 0.600. The first-order chi connectivity index (χ1) is 12.8. The summed E-state index contributed by atoms with van der Waals surface area (Å²) in [5.74, 6) is 0.00330. The van der Waals surface area contributed by atoms with E-state index < -0.39 is 15.6 Å². The van der Waals surface area contributed by atoms with Crippen molar-refractivity contribution in [1.82, 2.24) is 9.62 Å². The predicted octanol–water partition coefficient (Wildman–Crippen LogP) is 2.77. The zero-order valence-electron chi connectivity index (χ0n) is 15.9. The number of hydrogen-bond acceptors (Lipinski definition) is 4. The normalized spacial score (nSPS) is 20.7. The molecule has 1 N–H and O–H groups in total. The van der Waals surface area contributed by atoms with Crippen LogP contribution in [0.15, 0.2) is 29.2 Å². The molecule has 0 unspecified atom stereocenters. The quantitative estimate of drug-likeness (QED) is 0.838. The molecule has 0 atom stereocenters. The molecule has 1 heterocycles. The van der Waals surface area contributed by atoms with Gasteiger partial charge in [-0.3, -0.25) is 4.79 Å². The van der Waals surface area contributed by atoms with Gasteiger partial charge < -0.3 is 5.32 Å². The Morgan fingerprint density at radius 3 is 2.26 bits per heavy atom. The van der Waals surface area contributed by atoms with Gasteiger partial charge in [0, 0.05) is 19.0 Å². The maximum atomic E-state index is 12.9. The van der Waals surface area contributed by atoms with E-state index in [0.29, 0.717) is 49.6 Å². The zero-order chi connectivity index (χ0) is 19.7. The lowest BCUT2D eigenvalue weighted by molar-refractivity contribution is -0.128. The largest absolute Gasteiger partial charge is 0.338 e. The Labute approximate surface area is 161 Å². The summed E-state index contributed by atoms with van der Waals surface area (Å²) in [5, 5.41) is 12.1. The van der Waals surface area contributed by atoms with Crippen LogP contribution in [0, 0.1) is 17.2 Å². The molecule has 1 aliphatic heterocycles. The van der Waals surface area contributed by atoms with Crippen molar-refractivity contribution >= 4 is 15.9 Å². The van der Waals surface area contributed by atoms with Crippen molar-refractivity contribution in [2.24, 2.45) is 5.92 Å². The highest BCUT2D eigenvalue weighted by molar-refractivity contribution is 7.89. The number of benzene rings is 1. The minimum absolute atomic E-state index is 0.116. The second-order valence-corrected chi connectivity index (χ2v) is 9.88. The minimum atomic E-state index is -3.54. The van der Waals surface area contributed by atoms with Crippen molar-refractivity contribution in [1.29, 1.82) is 5.26 Å². The molecule has 27 heavy (non-hydrogen) atoms. The maximum Gasteiger partial charge on any atom is 0.243 e. The van der Waals surface area contributed by atoms with Gasteiger partial charge in [0.15, 0.2) is 0 Å². The summed E-state index contributed by atoms with van der Waals surface area (Å²) in [6.45, 7) is 4.79. The van der Waals surface area contributed by atoms with Crippen molar-refractivity contribution in [2.45, 2.75) is 62.3 Å². The second kappa shape index (κ2) is 7.61. The lowest BCUT2D eigenvalue weighted by Crippen LogP contribution is -2.55. The van der Waals surface area contributed by atoms with Crippen molar-refractivity contribution in [3.8, 4) is 6.07 Å². The van der Waals surface area contributed by atoms with E-state index in [1.54, 1.807) is 12.1 Å². The number of hydrogen-bond donors (Lipinski definition) is 1. The molecule has 2 fully saturated rings. The van der Waals surface area contributed by atoms with Gasteiger partial charge in [0.1, 0.15) is 5.54 Å². The number of carbonyl (C=O) groups excluding carboxylic acids is 1. The van der Waals surface area contributed by atoms with Crippen LogP contribution in [-0.4, -0.2) is 37.3 Å². The number of nitriles is 1. The Morgan fingerprint density at radius 2 is 1.81 bits per heavy atom. The Morgan fingerprint density at radius 1 is 1.22 bits per heavy atom. The molecular formula is C20H27N3O3S. The molecule has 1 aromatic rings. The van der Waals surface area contributed by atoms with Crippen LogP contribution < -0.4 is 5.32 Å². The first-order valence-corrected chi connectivity index (χ1v) is 11.0. The van der Waals surface area contributed by atoms with E-state index in [9.17, 15) is 18.5 Å². The second-order valence-electron chi connectivity index (χ2n) is 7.94. The van der Waals surface area contributed by atoms with Gasteiger partial charge in [0.25, 0.3) is 0 Å². The van der Waals surface area contributed by atoms with Crippen LogP contribution in [0.1, 0.15) is 57.4 Å². The summed E-state index contributed by atoms with van der Waals surface area (Å²) in [6.07, 6.45) is 3.33. The van der Waals surface area contributed by atoms with Crippen LogP contribution in [0.4, 0.5) is 0 Å². The Kier molecular flexibility index (Phi) is 5.59. The number of piperidine rings is 1. The fourth-order valence-corrected chi connectivity index (χ4v) is 5.13. The average Bonchev–Trinajstić information content (AvgIpc) is 2.64. The third kappa shape index (κ3) is 4.02. The molecule has 0 bridgehead atoms. The molecule has 0 radical (unpaired) electrons. The minimum Gasteiger partial charge on any atom is -0.338 e. The Balaban J connectivity index is 1.61. The maximum absolute atomic E-state index is 12.9. The Hall–Kier alpha value is -1.91. The van der Waals surface area contributed by atoms with Crippen molar-refractivity contribution < 1.29 is 13.2 Å². The first kappa shape index (κ1) is 19.8. The van der Waals surface area contributed by atoms with Gasteiger partial charge in [-0.2, -0.15) is 9.57 Å². The lowest BCUT2D eigenvalue weighted by atomic mass is 9.77. The van der Waals surface area contributed by atoms with Gasteiger partial charge in [-0.15, -0.1) is 0 Å². The molecule has 1 aromatic carbocycles. The van der Waals surface area contributed by atoms with Crippen LogP contribution in [0.3, 0.4) is 0 Å². The van der Waals surface area contributed by atoms with Gasteiger partial charge in [-0.05, 0) is 55.7 Å². The molecule has 1 amide bonds. The molecule has 1 saturated heterocycles. The fourth-order valence-electron chi connectivity index (χ4n) is 3.67. The molecule has 0 spiro atoms. The number of sulfonamides is 1. The highest BCUT2D eigenvalue weighted by atomic mass is 32.2. The molecule has 6 nitrogen and oxygen atoms in total. The van der Waals surface area contributed by atoms with E-state index in [-0.39, 0.29) is 11.8 Å². The van der Waals surface area contributed by atoms with Crippen LogP contribution in [-0.2, 0) is 14.8 Å². The van der Waals surface area contributed by atoms with Crippen molar-refractivity contribution in [2.75, 3.05) is 13.1 Å². The van der Waals surface area contributed by atoms with Gasteiger partial charge >= 0.3 is 0 Å². The molecule has 3 rings (SSSR count). The number of nitrogens with zero attached hydrogens (tertiary/aromatic N) is 2. The summed E-state index contributed by atoms with van der Waals surface area (Å²) in [5.41, 5.74) is 0.407. The molecule has 0 aromatic heterocycles. The van der Waals surface area contributed by atoms with E-state index in [1.165, 1.54) is 4.31 Å². The third-order valence-corrected chi connectivity index (χ3v) is 7.71. The lowest BCUT2D eigenvalue weighted by Gasteiger charge is -2.38. The van der Waals surface area contributed by atoms with E-state index >= 15 is 0 Å². The summed E-state index contributed by atoms with van der Waals surface area (Å²) < 4.78 is 27.2. The topological polar surface area (TPSA) is 90.3 Å². The Bertz CT molecular complexity index is 828. The van der Waals surface area contributed by atoms with E-state index in [4.69, 9.17) is 0 Å². The van der Waals surface area contributed by atoms with Crippen LogP contribution in [0.25, 0.3) is 0 Å². The van der Waals surface area contributed by atoms with Gasteiger partial charge in [0.2, 0.25) is 15.9 Å². The molecule has 2 aliphatic rings. The zero-order valence-corrected chi connectivity index (χ0v) is 16.8. The van der Waals surface area contributed by atoms with Crippen LogP contribution in [0.5, 0.6) is 0 Å². The summed E-state index contributed by atoms with van der Waals surface area (Å²) >= 11 is 0. The monoisotopic (exact) mass is 389 g/mol. The van der Waals surface area contributed by atoms with E-state index in [2.05, 4.69) is 25.2 Å². The molecule has 7 heteroatoms. The predicted molar refractivity (Wildman–Crippen MR) is 102 cm³/mol. The average molecular weight is 390 g/mol. The van der Waals surface area contributed by atoms with E-state index in [1.807, 2.05) is 12.1 Å². The molecule has 146 valence electrons. The number of nitrogens with one attached hydrogen (secondary N) is 1.